The van der Waals surface area contributed by atoms with E-state index in [4.69, 9.17) is 17.3 Å². The van der Waals surface area contributed by atoms with E-state index in [1.165, 1.54) is 16.7 Å². The number of hydrogen-bond donors (Lipinski definition) is 1. The van der Waals surface area contributed by atoms with E-state index in [2.05, 4.69) is 38.1 Å². The lowest BCUT2D eigenvalue weighted by atomic mass is 9.90. The number of hydrogen-bond acceptors (Lipinski definition) is 1. The van der Waals surface area contributed by atoms with Crippen LogP contribution in [0, 0.1) is 13.8 Å². The van der Waals surface area contributed by atoms with Gasteiger partial charge < -0.3 is 5.73 Å². The maximum absolute atomic E-state index is 6.23. The van der Waals surface area contributed by atoms with Gasteiger partial charge in [0.15, 0.2) is 0 Å². The minimum Gasteiger partial charge on any atom is -0.330 e. The van der Waals surface area contributed by atoms with Crippen LogP contribution in [0.3, 0.4) is 0 Å². The van der Waals surface area contributed by atoms with Gasteiger partial charge in [0.25, 0.3) is 0 Å². The fourth-order valence-electron chi connectivity index (χ4n) is 2.29. The molecule has 0 bridgehead atoms. The van der Waals surface area contributed by atoms with Crippen molar-refractivity contribution in [3.63, 3.8) is 0 Å². The van der Waals surface area contributed by atoms with Crippen molar-refractivity contribution in [1.29, 1.82) is 0 Å². The third-order valence-electron chi connectivity index (χ3n) is 3.71. The SMILES string of the molecule is Cc1ccc(C(CN)Cc2ccccc2Cl)cc1C. The Bertz CT molecular complexity index is 563. The molecule has 100 valence electrons. The molecule has 0 fully saturated rings. The average molecular weight is 274 g/mol. The summed E-state index contributed by atoms with van der Waals surface area (Å²) in [7, 11) is 0. The normalized spacial score (nSPS) is 12.4. The largest absolute Gasteiger partial charge is 0.330 e. The zero-order chi connectivity index (χ0) is 13.8. The summed E-state index contributed by atoms with van der Waals surface area (Å²) < 4.78 is 0. The highest BCUT2D eigenvalue weighted by Gasteiger charge is 2.13. The Kier molecular flexibility index (Phi) is 4.62. The van der Waals surface area contributed by atoms with Gasteiger partial charge in [0.05, 0.1) is 0 Å². The third-order valence-corrected chi connectivity index (χ3v) is 4.08. The summed E-state index contributed by atoms with van der Waals surface area (Å²) in [5.74, 6) is 0.319. The van der Waals surface area contributed by atoms with E-state index in [1.807, 2.05) is 18.2 Å². The van der Waals surface area contributed by atoms with Gasteiger partial charge in [-0.05, 0) is 55.1 Å². The Balaban J connectivity index is 2.25. The van der Waals surface area contributed by atoms with Gasteiger partial charge in [0.1, 0.15) is 0 Å². The molecule has 0 aliphatic rings. The second kappa shape index (κ2) is 6.23. The molecule has 2 N–H and O–H groups in total. The van der Waals surface area contributed by atoms with Crippen LogP contribution in [0.4, 0.5) is 0 Å². The van der Waals surface area contributed by atoms with Gasteiger partial charge in [-0.15, -0.1) is 0 Å². The lowest BCUT2D eigenvalue weighted by Gasteiger charge is -2.17. The third kappa shape index (κ3) is 3.37. The molecule has 0 spiro atoms. The fourth-order valence-corrected chi connectivity index (χ4v) is 2.50. The molecule has 19 heavy (non-hydrogen) atoms. The van der Waals surface area contributed by atoms with Crippen molar-refractivity contribution in [3.8, 4) is 0 Å². The molecule has 0 aliphatic carbocycles. The van der Waals surface area contributed by atoms with Crippen LogP contribution in [0.5, 0.6) is 0 Å². The van der Waals surface area contributed by atoms with Gasteiger partial charge in [0.2, 0.25) is 0 Å². The summed E-state index contributed by atoms with van der Waals surface area (Å²) in [6.45, 7) is 4.90. The van der Waals surface area contributed by atoms with E-state index in [-0.39, 0.29) is 0 Å². The molecule has 2 heteroatoms. The van der Waals surface area contributed by atoms with Gasteiger partial charge >= 0.3 is 0 Å². The number of halogens is 1. The van der Waals surface area contributed by atoms with E-state index < -0.39 is 0 Å². The summed E-state index contributed by atoms with van der Waals surface area (Å²) in [6, 6.07) is 14.6. The predicted octanol–water partition coefficient (Wildman–Crippen LogP) is 4.24. The van der Waals surface area contributed by atoms with Crippen LogP contribution in [-0.2, 0) is 6.42 Å². The van der Waals surface area contributed by atoms with Crippen LogP contribution < -0.4 is 5.73 Å². The molecule has 1 nitrogen and oxygen atoms in total. The van der Waals surface area contributed by atoms with E-state index in [0.29, 0.717) is 12.5 Å². The lowest BCUT2D eigenvalue weighted by molar-refractivity contribution is 0.693. The van der Waals surface area contributed by atoms with E-state index in [1.54, 1.807) is 0 Å². The number of rotatable bonds is 4. The highest BCUT2D eigenvalue weighted by molar-refractivity contribution is 6.31. The van der Waals surface area contributed by atoms with Gasteiger partial charge in [-0.25, -0.2) is 0 Å². The molecule has 2 rings (SSSR count). The summed E-state index contributed by atoms with van der Waals surface area (Å²) in [5, 5.41) is 0.824. The molecule has 0 amide bonds. The molecule has 0 heterocycles. The second-order valence-electron chi connectivity index (χ2n) is 5.07. The van der Waals surface area contributed by atoms with Crippen molar-refractivity contribution in [2.75, 3.05) is 6.54 Å². The highest BCUT2D eigenvalue weighted by Crippen LogP contribution is 2.25. The minimum atomic E-state index is 0.319. The first kappa shape index (κ1) is 14.1. The van der Waals surface area contributed by atoms with Gasteiger partial charge in [-0.3, -0.25) is 0 Å². The van der Waals surface area contributed by atoms with Crippen molar-refractivity contribution in [2.45, 2.75) is 26.2 Å². The predicted molar refractivity (Wildman–Crippen MR) is 82.9 cm³/mol. The van der Waals surface area contributed by atoms with E-state index >= 15 is 0 Å². The van der Waals surface area contributed by atoms with Crippen molar-refractivity contribution in [3.05, 3.63) is 69.7 Å². The van der Waals surface area contributed by atoms with Gasteiger partial charge in [-0.2, -0.15) is 0 Å². The smallest absolute Gasteiger partial charge is 0.0438 e. The van der Waals surface area contributed by atoms with Gasteiger partial charge in [-0.1, -0.05) is 48.0 Å². The molecular weight excluding hydrogens is 254 g/mol. The molecule has 0 aliphatic heterocycles. The van der Waals surface area contributed by atoms with Crippen LogP contribution in [0.25, 0.3) is 0 Å². The fraction of sp³-hybridized carbons (Fsp3) is 0.294. The molecule has 0 saturated carbocycles. The molecule has 2 aromatic rings. The number of benzene rings is 2. The summed E-state index contributed by atoms with van der Waals surface area (Å²) in [5.41, 5.74) is 11.0. The van der Waals surface area contributed by atoms with Crippen LogP contribution in [0.15, 0.2) is 42.5 Å². The van der Waals surface area contributed by atoms with Crippen molar-refractivity contribution in [1.82, 2.24) is 0 Å². The van der Waals surface area contributed by atoms with Gasteiger partial charge in [0, 0.05) is 10.9 Å². The minimum absolute atomic E-state index is 0.319. The molecule has 0 aromatic heterocycles. The van der Waals surface area contributed by atoms with E-state index in [0.717, 1.165) is 17.0 Å². The quantitative estimate of drug-likeness (QED) is 0.886. The molecule has 0 saturated heterocycles. The number of nitrogens with two attached hydrogens (primary N) is 1. The topological polar surface area (TPSA) is 26.0 Å². The standard InChI is InChI=1S/C17H20ClN/c1-12-7-8-14(9-13(12)2)16(11-19)10-15-5-3-4-6-17(15)18/h3-9,16H,10-11,19H2,1-2H3. The molecule has 1 atom stereocenters. The first-order valence-corrected chi connectivity index (χ1v) is 7.00. The first-order valence-electron chi connectivity index (χ1n) is 6.62. The molecule has 0 radical (unpaired) electrons. The second-order valence-corrected chi connectivity index (χ2v) is 5.48. The van der Waals surface area contributed by atoms with Crippen LogP contribution in [0.1, 0.15) is 28.2 Å². The average Bonchev–Trinajstić information content (AvgIpc) is 2.41. The van der Waals surface area contributed by atoms with Crippen molar-refractivity contribution in [2.24, 2.45) is 5.73 Å². The zero-order valence-corrected chi connectivity index (χ0v) is 12.2. The highest BCUT2D eigenvalue weighted by atomic mass is 35.5. The molecular formula is C17H20ClN. The Morgan fingerprint density at radius 2 is 1.79 bits per heavy atom. The summed E-state index contributed by atoms with van der Waals surface area (Å²) >= 11 is 6.23. The first-order chi connectivity index (χ1) is 9.11. The maximum atomic E-state index is 6.23. The Morgan fingerprint density at radius 3 is 2.42 bits per heavy atom. The summed E-state index contributed by atoms with van der Waals surface area (Å²) in [6.07, 6.45) is 0.888. The molecule has 2 aromatic carbocycles. The Morgan fingerprint density at radius 1 is 1.05 bits per heavy atom. The number of aryl methyl sites for hydroxylation is 2. The van der Waals surface area contributed by atoms with E-state index in [9.17, 15) is 0 Å². The van der Waals surface area contributed by atoms with Crippen molar-refractivity contribution >= 4 is 11.6 Å². The summed E-state index contributed by atoms with van der Waals surface area (Å²) in [4.78, 5) is 0. The molecule has 1 unspecified atom stereocenters. The Hall–Kier alpha value is -1.31. The van der Waals surface area contributed by atoms with Crippen molar-refractivity contribution < 1.29 is 0 Å². The zero-order valence-electron chi connectivity index (χ0n) is 11.5. The maximum Gasteiger partial charge on any atom is 0.0438 e. The van der Waals surface area contributed by atoms with Crippen LogP contribution in [0.2, 0.25) is 5.02 Å². The van der Waals surface area contributed by atoms with Crippen LogP contribution in [-0.4, -0.2) is 6.54 Å². The lowest BCUT2D eigenvalue weighted by Crippen LogP contribution is -2.15. The van der Waals surface area contributed by atoms with Crippen LogP contribution >= 0.6 is 11.6 Å². The Labute approximate surface area is 120 Å². The monoisotopic (exact) mass is 273 g/mol.